The van der Waals surface area contributed by atoms with Crippen LogP contribution in [0.2, 0.25) is 19.1 Å². The molecular formula is C21H35BO2Si. The van der Waals surface area contributed by atoms with Crippen LogP contribution in [0.3, 0.4) is 0 Å². The fraction of sp³-hybridized carbons (Fsp3) is 0.619. The van der Waals surface area contributed by atoms with Gasteiger partial charge in [0.1, 0.15) is 0 Å². The molecule has 2 rings (SSSR count). The van der Waals surface area contributed by atoms with Crippen LogP contribution in [0.15, 0.2) is 41.9 Å². The van der Waals surface area contributed by atoms with Crippen LogP contribution in [-0.2, 0) is 9.31 Å². The van der Waals surface area contributed by atoms with Gasteiger partial charge in [-0.2, -0.15) is 0 Å². The van der Waals surface area contributed by atoms with Gasteiger partial charge in [-0.05, 0) is 44.6 Å². The first-order chi connectivity index (χ1) is 11.2. The van der Waals surface area contributed by atoms with Crippen molar-refractivity contribution in [3.63, 3.8) is 0 Å². The third-order valence-electron chi connectivity index (χ3n) is 5.38. The molecule has 0 aliphatic carbocycles. The lowest BCUT2D eigenvalue weighted by molar-refractivity contribution is 0.00578. The van der Waals surface area contributed by atoms with Crippen LogP contribution in [-0.4, -0.2) is 26.4 Å². The highest BCUT2D eigenvalue weighted by molar-refractivity contribution is 6.91. The molecule has 138 valence electrons. The molecule has 0 aromatic heterocycles. The quantitative estimate of drug-likeness (QED) is 0.688. The second-order valence-electron chi connectivity index (χ2n) is 10.1. The van der Waals surface area contributed by atoms with Crippen molar-refractivity contribution in [2.75, 3.05) is 0 Å². The molecular weight excluding hydrogens is 323 g/mol. The summed E-state index contributed by atoms with van der Waals surface area (Å²) in [6.45, 7) is 20.1. The lowest BCUT2D eigenvalue weighted by Gasteiger charge is -2.32. The summed E-state index contributed by atoms with van der Waals surface area (Å²) in [6.07, 6.45) is 2.37. The molecule has 4 heteroatoms. The Morgan fingerprint density at radius 2 is 1.48 bits per heavy atom. The molecule has 1 heterocycles. The third kappa shape index (κ3) is 4.87. The summed E-state index contributed by atoms with van der Waals surface area (Å²) in [5.74, 6) is 0. The summed E-state index contributed by atoms with van der Waals surface area (Å²) in [6, 6.07) is 12.0. The van der Waals surface area contributed by atoms with Crippen molar-refractivity contribution in [3.8, 4) is 0 Å². The molecule has 2 nitrogen and oxygen atoms in total. The molecule has 1 saturated heterocycles. The maximum Gasteiger partial charge on any atom is 0.489 e. The largest absolute Gasteiger partial charge is 0.489 e. The molecule has 25 heavy (non-hydrogen) atoms. The van der Waals surface area contributed by atoms with E-state index in [0.717, 1.165) is 6.04 Å². The molecule has 0 radical (unpaired) electrons. The van der Waals surface area contributed by atoms with Crippen molar-refractivity contribution in [1.82, 2.24) is 0 Å². The first-order valence-electron chi connectivity index (χ1n) is 9.36. The minimum absolute atomic E-state index is 0.0973. The van der Waals surface area contributed by atoms with E-state index in [-0.39, 0.29) is 23.7 Å². The number of hydrogen-bond donors (Lipinski definition) is 0. The van der Waals surface area contributed by atoms with Gasteiger partial charge >= 0.3 is 7.12 Å². The fourth-order valence-electron chi connectivity index (χ4n) is 3.25. The van der Waals surface area contributed by atoms with Gasteiger partial charge in [0.05, 0.1) is 19.3 Å². The highest BCUT2D eigenvalue weighted by Crippen LogP contribution is 2.40. The van der Waals surface area contributed by atoms with Gasteiger partial charge in [0, 0.05) is 0 Å². The van der Waals surface area contributed by atoms with Gasteiger partial charge in [0.25, 0.3) is 0 Å². The van der Waals surface area contributed by atoms with Crippen molar-refractivity contribution in [2.24, 2.45) is 5.41 Å². The lowest BCUT2D eigenvalue weighted by Crippen LogP contribution is -2.43. The average molecular weight is 358 g/mol. The summed E-state index contributed by atoms with van der Waals surface area (Å²) in [7, 11) is -1.88. The molecule has 0 unspecified atom stereocenters. The fourth-order valence-corrected chi connectivity index (χ4v) is 5.84. The van der Waals surface area contributed by atoms with E-state index in [2.05, 4.69) is 98.0 Å². The summed E-state index contributed by atoms with van der Waals surface area (Å²) in [5.41, 5.74) is 0.798. The minimum atomic E-state index is -1.63. The average Bonchev–Trinajstić information content (AvgIpc) is 2.66. The van der Waals surface area contributed by atoms with E-state index >= 15 is 0 Å². The molecule has 1 fully saturated rings. The van der Waals surface area contributed by atoms with E-state index in [0.29, 0.717) is 0 Å². The SMILES string of the molecule is CC(C)(C)/C=C(/C[Si](C)(C)c1ccccc1)B1OC(C)(C)C(C)(C)O1. The van der Waals surface area contributed by atoms with Gasteiger partial charge in [-0.1, -0.05) is 75.5 Å². The Balaban J connectivity index is 2.35. The lowest BCUT2D eigenvalue weighted by atomic mass is 9.75. The van der Waals surface area contributed by atoms with E-state index in [9.17, 15) is 0 Å². The minimum Gasteiger partial charge on any atom is -0.400 e. The smallest absolute Gasteiger partial charge is 0.400 e. The molecule has 1 aliphatic rings. The number of benzene rings is 1. The standard InChI is InChI=1S/C21H35BO2Si/c1-19(2,3)15-17(22-23-20(4,5)21(6,7)24-22)16-25(8,9)18-13-11-10-12-14-18/h10-15H,16H2,1-9H3/b17-15-. The molecule has 0 amide bonds. The van der Waals surface area contributed by atoms with Crippen LogP contribution in [0.4, 0.5) is 0 Å². The summed E-state index contributed by atoms with van der Waals surface area (Å²) >= 11 is 0. The van der Waals surface area contributed by atoms with Crippen molar-refractivity contribution in [3.05, 3.63) is 41.9 Å². The summed E-state index contributed by atoms with van der Waals surface area (Å²) in [4.78, 5) is 0. The number of allylic oxidation sites excluding steroid dienone is 2. The van der Waals surface area contributed by atoms with Crippen molar-refractivity contribution in [2.45, 2.75) is 78.8 Å². The zero-order chi connectivity index (χ0) is 19.1. The predicted octanol–water partition coefficient (Wildman–Crippen LogP) is 5.21. The van der Waals surface area contributed by atoms with Gasteiger partial charge in [0.15, 0.2) is 0 Å². The first kappa shape index (κ1) is 20.5. The van der Waals surface area contributed by atoms with Crippen LogP contribution in [0.25, 0.3) is 0 Å². The summed E-state index contributed by atoms with van der Waals surface area (Å²) < 4.78 is 12.8. The molecule has 0 atom stereocenters. The van der Waals surface area contributed by atoms with Crippen LogP contribution < -0.4 is 5.19 Å². The Labute approximate surface area is 156 Å². The Kier molecular flexibility index (Phi) is 5.50. The Morgan fingerprint density at radius 1 is 1.00 bits per heavy atom. The van der Waals surface area contributed by atoms with Crippen molar-refractivity contribution in [1.29, 1.82) is 0 Å². The molecule has 1 aromatic carbocycles. The number of rotatable bonds is 4. The molecule has 1 aliphatic heterocycles. The van der Waals surface area contributed by atoms with Crippen molar-refractivity contribution >= 4 is 20.4 Å². The topological polar surface area (TPSA) is 18.5 Å². The molecule has 0 spiro atoms. The summed E-state index contributed by atoms with van der Waals surface area (Å²) in [5, 5.41) is 1.48. The Hall–Kier alpha value is -0.838. The van der Waals surface area contributed by atoms with E-state index in [1.807, 2.05) is 0 Å². The van der Waals surface area contributed by atoms with Gasteiger partial charge in [0.2, 0.25) is 0 Å². The number of hydrogen-bond acceptors (Lipinski definition) is 2. The van der Waals surface area contributed by atoms with Crippen LogP contribution >= 0.6 is 0 Å². The van der Waals surface area contributed by atoms with E-state index in [1.54, 1.807) is 0 Å². The Bertz CT molecular complexity index is 611. The maximum absolute atomic E-state index is 6.39. The van der Waals surface area contributed by atoms with Crippen molar-refractivity contribution < 1.29 is 9.31 Å². The third-order valence-corrected chi connectivity index (χ3v) is 8.56. The van der Waals surface area contributed by atoms with Crippen LogP contribution in [0.5, 0.6) is 0 Å². The highest BCUT2D eigenvalue weighted by atomic mass is 28.3. The van der Waals surface area contributed by atoms with E-state index < -0.39 is 8.07 Å². The van der Waals surface area contributed by atoms with Gasteiger partial charge in [-0.3, -0.25) is 0 Å². The monoisotopic (exact) mass is 358 g/mol. The normalized spacial score (nSPS) is 20.8. The van der Waals surface area contributed by atoms with Gasteiger partial charge in [-0.25, -0.2) is 0 Å². The predicted molar refractivity (Wildman–Crippen MR) is 112 cm³/mol. The first-order valence-corrected chi connectivity index (χ1v) is 12.6. The zero-order valence-electron chi connectivity index (χ0n) is 17.6. The molecule has 1 aromatic rings. The molecule has 0 saturated carbocycles. The second-order valence-corrected chi connectivity index (χ2v) is 14.8. The van der Waals surface area contributed by atoms with Crippen LogP contribution in [0, 0.1) is 5.41 Å². The van der Waals surface area contributed by atoms with Gasteiger partial charge in [-0.15, -0.1) is 0 Å². The highest BCUT2D eigenvalue weighted by Gasteiger charge is 2.53. The van der Waals surface area contributed by atoms with Gasteiger partial charge < -0.3 is 9.31 Å². The maximum atomic E-state index is 6.39. The van der Waals surface area contributed by atoms with E-state index in [4.69, 9.17) is 9.31 Å². The van der Waals surface area contributed by atoms with E-state index in [1.165, 1.54) is 10.7 Å². The van der Waals surface area contributed by atoms with Crippen LogP contribution in [0.1, 0.15) is 48.5 Å². The molecule has 0 bridgehead atoms. The Morgan fingerprint density at radius 3 is 1.92 bits per heavy atom. The zero-order valence-corrected chi connectivity index (χ0v) is 18.6. The second kappa shape index (κ2) is 6.71. The molecule has 0 N–H and O–H groups in total.